The fourth-order valence-electron chi connectivity index (χ4n) is 3.26. The molecule has 0 saturated carbocycles. The van der Waals surface area contributed by atoms with E-state index in [1.807, 2.05) is 85.8 Å². The Labute approximate surface area is 153 Å². The van der Waals surface area contributed by atoms with Crippen LogP contribution in [0.25, 0.3) is 0 Å². The summed E-state index contributed by atoms with van der Waals surface area (Å²) in [5.74, 6) is 0.780. The lowest BCUT2D eigenvalue weighted by molar-refractivity contribution is 0.0975. The quantitative estimate of drug-likeness (QED) is 0.735. The number of rotatable bonds is 4. The van der Waals surface area contributed by atoms with Gasteiger partial charge >= 0.3 is 0 Å². The molecule has 1 N–H and O–H groups in total. The van der Waals surface area contributed by atoms with E-state index in [2.05, 4.69) is 5.32 Å². The predicted molar refractivity (Wildman–Crippen MR) is 104 cm³/mol. The van der Waals surface area contributed by atoms with Gasteiger partial charge in [-0.25, -0.2) is 0 Å². The molecule has 1 atom stereocenters. The number of carbonyl (C=O) groups excluding carboxylic acids is 1. The van der Waals surface area contributed by atoms with Crippen LogP contribution in [-0.4, -0.2) is 12.5 Å². The van der Waals surface area contributed by atoms with Gasteiger partial charge in [0.05, 0.1) is 12.2 Å². The minimum Gasteiger partial charge on any atom is -0.494 e. The summed E-state index contributed by atoms with van der Waals surface area (Å²) >= 11 is 0. The van der Waals surface area contributed by atoms with E-state index in [0.717, 1.165) is 22.7 Å². The topological polar surface area (TPSA) is 41.6 Å². The molecule has 0 unspecified atom stereocenters. The normalized spacial score (nSPS) is 16.0. The van der Waals surface area contributed by atoms with Gasteiger partial charge in [-0.3, -0.25) is 9.69 Å². The van der Waals surface area contributed by atoms with Crippen molar-refractivity contribution in [2.45, 2.75) is 13.1 Å². The first-order valence-electron chi connectivity index (χ1n) is 8.75. The molecule has 4 nitrogen and oxygen atoms in total. The van der Waals surface area contributed by atoms with Crippen molar-refractivity contribution in [3.63, 3.8) is 0 Å². The molecule has 1 aliphatic rings. The number of fused-ring (bicyclic) bond motifs is 1. The minimum absolute atomic E-state index is 0.0163. The van der Waals surface area contributed by atoms with Gasteiger partial charge in [-0.1, -0.05) is 42.5 Å². The number of benzene rings is 3. The maximum Gasteiger partial charge on any atom is 0.262 e. The number of anilines is 2. The molecule has 0 aromatic heterocycles. The Morgan fingerprint density at radius 2 is 1.62 bits per heavy atom. The van der Waals surface area contributed by atoms with Crippen LogP contribution >= 0.6 is 0 Å². The first-order valence-corrected chi connectivity index (χ1v) is 8.75. The molecule has 1 aliphatic heterocycles. The third-order valence-electron chi connectivity index (χ3n) is 4.47. The highest BCUT2D eigenvalue weighted by molar-refractivity contribution is 6.12. The molecule has 0 spiro atoms. The average molecular weight is 344 g/mol. The number of para-hydroxylation sites is 1. The molecule has 1 heterocycles. The zero-order chi connectivity index (χ0) is 17.9. The van der Waals surface area contributed by atoms with Crippen molar-refractivity contribution in [3.05, 3.63) is 90.0 Å². The lowest BCUT2D eigenvalue weighted by Gasteiger charge is -2.38. The lowest BCUT2D eigenvalue weighted by atomic mass is 10.0. The van der Waals surface area contributed by atoms with Gasteiger partial charge in [-0.15, -0.1) is 0 Å². The summed E-state index contributed by atoms with van der Waals surface area (Å²) in [7, 11) is 0. The molecule has 0 radical (unpaired) electrons. The summed E-state index contributed by atoms with van der Waals surface area (Å²) in [5, 5.41) is 3.51. The molecule has 0 aliphatic carbocycles. The van der Waals surface area contributed by atoms with Crippen molar-refractivity contribution in [1.82, 2.24) is 0 Å². The molecule has 26 heavy (non-hydrogen) atoms. The van der Waals surface area contributed by atoms with E-state index >= 15 is 0 Å². The smallest absolute Gasteiger partial charge is 0.262 e. The van der Waals surface area contributed by atoms with Gasteiger partial charge in [0.25, 0.3) is 5.91 Å². The second kappa shape index (κ2) is 6.92. The summed E-state index contributed by atoms with van der Waals surface area (Å²) in [6.07, 6.45) is -0.267. The van der Waals surface area contributed by atoms with Gasteiger partial charge in [0.1, 0.15) is 11.9 Å². The van der Waals surface area contributed by atoms with Gasteiger partial charge in [0.2, 0.25) is 0 Å². The number of amides is 1. The van der Waals surface area contributed by atoms with E-state index < -0.39 is 0 Å². The highest BCUT2D eigenvalue weighted by Crippen LogP contribution is 2.36. The molecule has 3 aromatic carbocycles. The van der Waals surface area contributed by atoms with E-state index in [-0.39, 0.29) is 12.1 Å². The van der Waals surface area contributed by atoms with Crippen molar-refractivity contribution in [1.29, 1.82) is 0 Å². The zero-order valence-electron chi connectivity index (χ0n) is 14.6. The monoisotopic (exact) mass is 344 g/mol. The van der Waals surface area contributed by atoms with Crippen LogP contribution in [0.2, 0.25) is 0 Å². The summed E-state index contributed by atoms with van der Waals surface area (Å²) < 4.78 is 5.52. The van der Waals surface area contributed by atoms with Gasteiger partial charge in [-0.2, -0.15) is 0 Å². The Kier molecular flexibility index (Phi) is 4.32. The minimum atomic E-state index is -0.267. The Morgan fingerprint density at radius 1 is 0.923 bits per heavy atom. The van der Waals surface area contributed by atoms with Crippen molar-refractivity contribution in [2.24, 2.45) is 0 Å². The van der Waals surface area contributed by atoms with E-state index in [9.17, 15) is 4.79 Å². The largest absolute Gasteiger partial charge is 0.494 e. The Balaban J connectivity index is 1.79. The van der Waals surface area contributed by atoms with E-state index in [4.69, 9.17) is 4.74 Å². The maximum atomic E-state index is 13.3. The maximum absolute atomic E-state index is 13.3. The second-order valence-electron chi connectivity index (χ2n) is 6.11. The van der Waals surface area contributed by atoms with Crippen molar-refractivity contribution < 1.29 is 9.53 Å². The average Bonchev–Trinajstić information content (AvgIpc) is 2.70. The van der Waals surface area contributed by atoms with Crippen molar-refractivity contribution in [3.8, 4) is 5.75 Å². The molecule has 130 valence electrons. The number of carbonyl (C=O) groups is 1. The Bertz CT molecular complexity index is 907. The molecule has 4 rings (SSSR count). The molecule has 0 saturated heterocycles. The molecule has 0 bridgehead atoms. The zero-order valence-corrected chi connectivity index (χ0v) is 14.6. The van der Waals surface area contributed by atoms with Gasteiger partial charge in [0, 0.05) is 11.4 Å². The molecule has 3 aromatic rings. The number of ether oxygens (including phenoxy) is 1. The summed E-state index contributed by atoms with van der Waals surface area (Å²) in [6.45, 7) is 2.57. The Hall–Kier alpha value is -3.27. The standard InChI is InChI=1S/C22H20N2O2/c1-2-26-18-14-12-17(13-15-18)24-21(16-8-4-3-5-9-16)23-20-11-7-6-10-19(20)22(24)25/h3-15,21,23H,2H2,1H3/t21-/m0/s1. The van der Waals surface area contributed by atoms with Crippen molar-refractivity contribution >= 4 is 17.3 Å². The summed E-state index contributed by atoms with van der Waals surface area (Å²) in [4.78, 5) is 15.1. The number of hydrogen-bond acceptors (Lipinski definition) is 3. The van der Waals surface area contributed by atoms with Crippen LogP contribution in [0.1, 0.15) is 29.0 Å². The first kappa shape index (κ1) is 16.2. The molecule has 0 fully saturated rings. The lowest BCUT2D eigenvalue weighted by Crippen LogP contribution is -2.43. The van der Waals surface area contributed by atoms with Gasteiger partial charge in [-0.05, 0) is 48.9 Å². The van der Waals surface area contributed by atoms with Crippen LogP contribution < -0.4 is 15.0 Å². The van der Waals surface area contributed by atoms with Crippen LogP contribution in [0, 0.1) is 0 Å². The van der Waals surface area contributed by atoms with Crippen LogP contribution in [0.3, 0.4) is 0 Å². The van der Waals surface area contributed by atoms with E-state index in [1.54, 1.807) is 4.90 Å². The van der Waals surface area contributed by atoms with Crippen LogP contribution in [0.4, 0.5) is 11.4 Å². The van der Waals surface area contributed by atoms with Gasteiger partial charge in [0.15, 0.2) is 0 Å². The van der Waals surface area contributed by atoms with Crippen LogP contribution in [0.15, 0.2) is 78.9 Å². The second-order valence-corrected chi connectivity index (χ2v) is 6.11. The van der Waals surface area contributed by atoms with Gasteiger partial charge < -0.3 is 10.1 Å². The summed E-state index contributed by atoms with van der Waals surface area (Å²) in [6, 6.07) is 25.3. The summed E-state index contributed by atoms with van der Waals surface area (Å²) in [5.41, 5.74) is 3.39. The SMILES string of the molecule is CCOc1ccc(N2C(=O)c3ccccc3N[C@@H]2c2ccccc2)cc1. The molecule has 1 amide bonds. The number of hydrogen-bond donors (Lipinski definition) is 1. The number of nitrogens with one attached hydrogen (secondary N) is 1. The molecular formula is C22H20N2O2. The third kappa shape index (κ3) is 2.90. The van der Waals surface area contributed by atoms with E-state index in [1.165, 1.54) is 0 Å². The highest BCUT2D eigenvalue weighted by Gasteiger charge is 2.33. The Morgan fingerprint density at radius 3 is 2.35 bits per heavy atom. The van der Waals surface area contributed by atoms with Crippen molar-refractivity contribution in [2.75, 3.05) is 16.8 Å². The first-order chi connectivity index (χ1) is 12.8. The predicted octanol–water partition coefficient (Wildman–Crippen LogP) is 4.86. The fraction of sp³-hybridized carbons (Fsp3) is 0.136. The fourth-order valence-corrected chi connectivity index (χ4v) is 3.26. The molecule has 4 heteroatoms. The molecular weight excluding hydrogens is 324 g/mol. The highest BCUT2D eigenvalue weighted by atomic mass is 16.5. The number of nitrogens with zero attached hydrogens (tertiary/aromatic N) is 1. The van der Waals surface area contributed by atoms with Crippen LogP contribution in [0.5, 0.6) is 5.75 Å². The third-order valence-corrected chi connectivity index (χ3v) is 4.47. The van der Waals surface area contributed by atoms with Crippen LogP contribution in [-0.2, 0) is 0 Å². The van der Waals surface area contributed by atoms with E-state index in [0.29, 0.717) is 12.2 Å².